The van der Waals surface area contributed by atoms with Gasteiger partial charge in [0.2, 0.25) is 11.7 Å². The lowest BCUT2D eigenvalue weighted by molar-refractivity contribution is -0.126. The summed E-state index contributed by atoms with van der Waals surface area (Å²) in [7, 11) is 0. The van der Waals surface area contributed by atoms with E-state index in [2.05, 4.69) is 39.6 Å². The molecule has 1 aliphatic heterocycles. The van der Waals surface area contributed by atoms with Gasteiger partial charge in [-0.05, 0) is 51.3 Å². The molecule has 1 saturated carbocycles. The van der Waals surface area contributed by atoms with Crippen molar-refractivity contribution in [1.29, 1.82) is 0 Å². The van der Waals surface area contributed by atoms with Crippen LogP contribution in [0.3, 0.4) is 0 Å². The average Bonchev–Trinajstić information content (AvgIpc) is 3.70. The molecule has 2 fully saturated rings. The van der Waals surface area contributed by atoms with Crippen LogP contribution in [0.25, 0.3) is 0 Å². The Hall–Kier alpha value is -2.82. The number of halogens is 1. The molecule has 1 aliphatic carbocycles. The van der Waals surface area contributed by atoms with Gasteiger partial charge in [0.05, 0.1) is 13.2 Å². The Morgan fingerprint density at radius 1 is 1.26 bits per heavy atom. The second kappa shape index (κ2) is 10.8. The molecule has 190 valence electrons. The van der Waals surface area contributed by atoms with Crippen molar-refractivity contribution in [3.63, 3.8) is 0 Å². The number of carbonyl (C=O) groups excluding carboxylic acids is 1. The minimum Gasteiger partial charge on any atom is -0.396 e. The van der Waals surface area contributed by atoms with Crippen LogP contribution < -0.4 is 16.0 Å². The van der Waals surface area contributed by atoms with Crippen molar-refractivity contribution < 1.29 is 19.4 Å². The van der Waals surface area contributed by atoms with Gasteiger partial charge >= 0.3 is 0 Å². The number of likely N-dealkylation sites (tertiary alicyclic amines) is 1. The van der Waals surface area contributed by atoms with Crippen LogP contribution >= 0.6 is 0 Å². The Morgan fingerprint density at radius 2 is 1.94 bits per heavy atom. The van der Waals surface area contributed by atoms with Crippen molar-refractivity contribution in [3.8, 4) is 0 Å². The van der Waals surface area contributed by atoms with Crippen LogP contribution in [0, 0.1) is 18.2 Å². The number of piperidine rings is 1. The van der Waals surface area contributed by atoms with Crippen molar-refractivity contribution in [2.75, 3.05) is 43.1 Å². The Labute approximate surface area is 205 Å². The molecule has 0 spiro atoms. The van der Waals surface area contributed by atoms with Gasteiger partial charge in [-0.2, -0.15) is 4.39 Å². The molecule has 1 unspecified atom stereocenters. The predicted molar refractivity (Wildman–Crippen MR) is 131 cm³/mol. The number of aliphatic hydroxyl groups is 2. The zero-order chi connectivity index (χ0) is 25.0. The number of rotatable bonds is 11. The Bertz CT molecular complexity index is 1010. The summed E-state index contributed by atoms with van der Waals surface area (Å²) in [5.74, 6) is -0.662. The minimum absolute atomic E-state index is 0.0879. The smallest absolute Gasteiger partial charge is 0.237 e. The topological polar surface area (TPSA) is 128 Å². The summed E-state index contributed by atoms with van der Waals surface area (Å²) in [5, 5.41) is 22.7. The summed E-state index contributed by atoms with van der Waals surface area (Å²) < 4.78 is 15.6. The van der Waals surface area contributed by atoms with Crippen LogP contribution in [-0.4, -0.2) is 75.9 Å². The summed E-state index contributed by atoms with van der Waals surface area (Å²) in [6.07, 6.45) is 4.52. The zero-order valence-electron chi connectivity index (χ0n) is 20.2. The molecule has 0 radical (unpaired) electrons. The summed E-state index contributed by atoms with van der Waals surface area (Å²) in [6.45, 7) is 3.51. The number of hydrogen-bond donors (Lipinski definition) is 4. The summed E-state index contributed by atoms with van der Waals surface area (Å²) in [5.41, 5.74) is 7.16. The lowest BCUT2D eigenvalue weighted by Gasteiger charge is -2.42. The number of carbonyl (C=O) groups is 1. The molecule has 1 amide bonds. The molecule has 0 bridgehead atoms. The van der Waals surface area contributed by atoms with Gasteiger partial charge in [-0.15, -0.1) is 0 Å². The van der Waals surface area contributed by atoms with Gasteiger partial charge in [-0.3, -0.25) is 9.69 Å². The van der Waals surface area contributed by atoms with Crippen LogP contribution in [0.5, 0.6) is 0 Å². The molecule has 5 N–H and O–H groups in total. The zero-order valence-corrected chi connectivity index (χ0v) is 20.2. The molecule has 35 heavy (non-hydrogen) atoms. The fourth-order valence-corrected chi connectivity index (χ4v) is 4.69. The molecular weight excluding hydrogens is 451 g/mol. The SMILES string of the molecule is Cc1ccc(CN(c2ncnc(NCC3(CO)CCN(C(CO)C(N)=O)CC3)c2F)C2CC2)cc1. The summed E-state index contributed by atoms with van der Waals surface area (Å²) in [6, 6.07) is 7.74. The van der Waals surface area contributed by atoms with Crippen molar-refractivity contribution in [2.45, 2.75) is 51.2 Å². The molecule has 2 aromatic rings. The number of hydrogen-bond acceptors (Lipinski definition) is 8. The monoisotopic (exact) mass is 486 g/mol. The van der Waals surface area contributed by atoms with Crippen LogP contribution in [0.4, 0.5) is 16.0 Å². The molecule has 1 saturated heterocycles. The average molecular weight is 487 g/mol. The van der Waals surface area contributed by atoms with E-state index >= 15 is 4.39 Å². The molecule has 1 aromatic carbocycles. The fraction of sp³-hybridized carbons (Fsp3) is 0.560. The first-order valence-electron chi connectivity index (χ1n) is 12.2. The highest BCUT2D eigenvalue weighted by molar-refractivity contribution is 5.80. The molecule has 4 rings (SSSR count). The van der Waals surface area contributed by atoms with Crippen LogP contribution in [0.2, 0.25) is 0 Å². The van der Waals surface area contributed by atoms with E-state index in [4.69, 9.17) is 5.73 Å². The summed E-state index contributed by atoms with van der Waals surface area (Å²) >= 11 is 0. The maximum atomic E-state index is 15.6. The van der Waals surface area contributed by atoms with E-state index in [0.29, 0.717) is 39.0 Å². The van der Waals surface area contributed by atoms with Gasteiger partial charge in [0.1, 0.15) is 12.4 Å². The lowest BCUT2D eigenvalue weighted by Crippen LogP contribution is -2.54. The third kappa shape index (κ3) is 5.88. The van der Waals surface area contributed by atoms with E-state index in [1.807, 2.05) is 16.7 Å². The molecular formula is C25H35FN6O3. The maximum absolute atomic E-state index is 15.6. The number of anilines is 2. The summed E-state index contributed by atoms with van der Waals surface area (Å²) in [4.78, 5) is 23.8. The van der Waals surface area contributed by atoms with Crippen LogP contribution in [0.1, 0.15) is 36.8 Å². The highest BCUT2D eigenvalue weighted by Gasteiger charge is 2.38. The second-order valence-electron chi connectivity index (χ2n) is 9.85. The van der Waals surface area contributed by atoms with Gasteiger partial charge in [0.25, 0.3) is 0 Å². The highest BCUT2D eigenvalue weighted by Crippen LogP contribution is 2.36. The minimum atomic E-state index is -0.733. The number of nitrogens with zero attached hydrogens (tertiary/aromatic N) is 4. The lowest BCUT2D eigenvalue weighted by atomic mass is 9.78. The standard InChI is InChI=1S/C25H35FN6O3/c1-17-2-4-18(5-3-17)12-32(19-6-7-19)24-21(26)23(29-16-30-24)28-14-25(15-34)8-10-31(11-9-25)20(13-33)22(27)35/h2-5,16,19-20,33-34H,6-15H2,1H3,(H2,27,35)(H,28,29,30). The molecule has 9 nitrogen and oxygen atoms in total. The normalized spacial score (nSPS) is 18.7. The van der Waals surface area contributed by atoms with E-state index in [-0.39, 0.29) is 30.9 Å². The van der Waals surface area contributed by atoms with Crippen molar-refractivity contribution in [3.05, 3.63) is 47.5 Å². The Morgan fingerprint density at radius 3 is 2.51 bits per heavy atom. The van der Waals surface area contributed by atoms with Gasteiger partial charge in [0, 0.05) is 24.5 Å². The largest absolute Gasteiger partial charge is 0.396 e. The first kappa shape index (κ1) is 25.3. The van der Waals surface area contributed by atoms with Crippen molar-refractivity contribution in [2.24, 2.45) is 11.1 Å². The van der Waals surface area contributed by atoms with Crippen LogP contribution in [-0.2, 0) is 11.3 Å². The third-order valence-corrected chi connectivity index (χ3v) is 7.27. The molecule has 10 heteroatoms. The maximum Gasteiger partial charge on any atom is 0.237 e. The number of primary amides is 1. The fourth-order valence-electron chi connectivity index (χ4n) is 4.69. The molecule has 2 heterocycles. The van der Waals surface area contributed by atoms with Gasteiger partial charge in [0.15, 0.2) is 11.6 Å². The molecule has 1 aromatic heterocycles. The van der Waals surface area contributed by atoms with E-state index in [1.165, 1.54) is 11.9 Å². The molecule has 2 aliphatic rings. The first-order chi connectivity index (χ1) is 16.9. The van der Waals surface area contributed by atoms with Crippen molar-refractivity contribution >= 4 is 17.5 Å². The number of nitrogens with one attached hydrogen (secondary N) is 1. The first-order valence-corrected chi connectivity index (χ1v) is 12.2. The quantitative estimate of drug-likeness (QED) is 0.376. The number of nitrogens with two attached hydrogens (primary N) is 1. The highest BCUT2D eigenvalue weighted by atomic mass is 19.1. The number of amides is 1. The van der Waals surface area contributed by atoms with Gasteiger partial charge in [-0.1, -0.05) is 29.8 Å². The predicted octanol–water partition coefficient (Wildman–Crippen LogP) is 1.43. The van der Waals surface area contributed by atoms with Crippen molar-refractivity contribution in [1.82, 2.24) is 14.9 Å². The number of aromatic nitrogens is 2. The third-order valence-electron chi connectivity index (χ3n) is 7.27. The van der Waals surface area contributed by atoms with E-state index in [0.717, 1.165) is 18.4 Å². The number of aliphatic hydroxyl groups excluding tert-OH is 2. The van der Waals surface area contributed by atoms with E-state index in [1.54, 1.807) is 0 Å². The van der Waals surface area contributed by atoms with Crippen LogP contribution in [0.15, 0.2) is 30.6 Å². The molecule has 1 atom stereocenters. The second-order valence-corrected chi connectivity index (χ2v) is 9.85. The number of benzene rings is 1. The van der Waals surface area contributed by atoms with Gasteiger partial charge in [-0.25, -0.2) is 9.97 Å². The number of aryl methyl sites for hydroxylation is 1. The van der Waals surface area contributed by atoms with Gasteiger partial charge < -0.3 is 26.2 Å². The van der Waals surface area contributed by atoms with E-state index in [9.17, 15) is 15.0 Å². The Balaban J connectivity index is 1.44. The van der Waals surface area contributed by atoms with E-state index < -0.39 is 23.2 Å². The Kier molecular flexibility index (Phi) is 7.83.